The molecule has 4 N–H and O–H groups in total. The summed E-state index contributed by atoms with van der Waals surface area (Å²) < 4.78 is 9.07. The second-order valence-electron chi connectivity index (χ2n) is 3.92. The third-order valence-electron chi connectivity index (χ3n) is 2.18. The first-order chi connectivity index (χ1) is 10.4. The van der Waals surface area contributed by atoms with Crippen LogP contribution >= 0.6 is 0 Å². The number of benzene rings is 1. The van der Waals surface area contributed by atoms with Crippen LogP contribution in [-0.2, 0) is 20.7 Å². The molecule has 0 aliphatic carbocycles. The maximum atomic E-state index is 11.1. The molecule has 0 heterocycles. The Morgan fingerprint density at radius 2 is 2.00 bits per heavy atom. The van der Waals surface area contributed by atoms with E-state index >= 15 is 0 Å². The molecule has 1 amide bonds. The molecule has 0 radical (unpaired) electrons. The molecular weight excluding hydrogens is 292 g/mol. The minimum atomic E-state index is -0.921. The summed E-state index contributed by atoms with van der Waals surface area (Å²) in [4.78, 5) is 31.4. The molecule has 0 unspecified atom stereocenters. The van der Waals surface area contributed by atoms with Crippen molar-refractivity contribution in [1.29, 1.82) is 0 Å². The van der Waals surface area contributed by atoms with Gasteiger partial charge < -0.3 is 25.6 Å². The molecule has 0 saturated heterocycles. The predicted molar refractivity (Wildman–Crippen MR) is 78.6 cm³/mol. The number of esters is 1. The van der Waals surface area contributed by atoms with Crippen LogP contribution in [0.3, 0.4) is 0 Å². The summed E-state index contributed by atoms with van der Waals surface area (Å²) in [5, 5.41) is 11.1. The van der Waals surface area contributed by atoms with Gasteiger partial charge in [0.2, 0.25) is 0 Å². The minimum Gasteiger partial charge on any atom is -0.481 e. The number of nitrogens with one attached hydrogen (secondary N) is 1. The lowest BCUT2D eigenvalue weighted by Gasteiger charge is -2.05. The van der Waals surface area contributed by atoms with E-state index in [1.807, 2.05) is 0 Å². The van der Waals surface area contributed by atoms with E-state index < -0.39 is 12.1 Å². The molecule has 0 bridgehead atoms. The van der Waals surface area contributed by atoms with Gasteiger partial charge in [0.1, 0.15) is 5.75 Å². The number of carboxylic acids is 1. The Hall–Kier alpha value is -2.61. The molecule has 0 aliphatic heterocycles. The number of hydrogen-bond acceptors (Lipinski definition) is 6. The molecule has 8 heteroatoms. The molecule has 122 valence electrons. The van der Waals surface area contributed by atoms with Crippen molar-refractivity contribution < 1.29 is 29.0 Å². The van der Waals surface area contributed by atoms with Crippen molar-refractivity contribution in [1.82, 2.24) is 5.32 Å². The van der Waals surface area contributed by atoms with E-state index in [-0.39, 0.29) is 18.9 Å². The van der Waals surface area contributed by atoms with E-state index in [2.05, 4.69) is 10.1 Å². The Balaban J connectivity index is 0.000000626. The number of hydrogen-bond donors (Lipinski definition) is 3. The Kier molecular flexibility index (Phi) is 9.78. The van der Waals surface area contributed by atoms with Crippen molar-refractivity contribution >= 4 is 18.0 Å². The molecular formula is C14H20N2O6. The topological polar surface area (TPSA) is 128 Å². The van der Waals surface area contributed by atoms with Crippen LogP contribution in [0, 0.1) is 0 Å². The number of amides is 1. The first kappa shape index (κ1) is 19.4. The second-order valence-corrected chi connectivity index (χ2v) is 3.92. The summed E-state index contributed by atoms with van der Waals surface area (Å²) in [5.74, 6) is -0.963. The molecule has 0 aliphatic rings. The summed E-state index contributed by atoms with van der Waals surface area (Å²) in [6.07, 6.45) is -0.637. The lowest BCUT2D eigenvalue weighted by Crippen LogP contribution is -2.26. The molecule has 8 nitrogen and oxygen atoms in total. The molecule has 0 fully saturated rings. The van der Waals surface area contributed by atoms with Crippen LogP contribution in [-0.4, -0.2) is 43.3 Å². The van der Waals surface area contributed by atoms with E-state index in [1.54, 1.807) is 25.1 Å². The van der Waals surface area contributed by atoms with Crippen LogP contribution in [0.5, 0.6) is 5.75 Å². The van der Waals surface area contributed by atoms with Crippen molar-refractivity contribution in [3.8, 4) is 5.75 Å². The molecule has 0 aromatic heterocycles. The van der Waals surface area contributed by atoms with Crippen LogP contribution in [0.1, 0.15) is 12.5 Å². The average molecular weight is 312 g/mol. The largest absolute Gasteiger partial charge is 0.481 e. The quantitative estimate of drug-likeness (QED) is 0.677. The third-order valence-corrected chi connectivity index (χ3v) is 2.18. The zero-order valence-electron chi connectivity index (χ0n) is 12.5. The lowest BCUT2D eigenvalue weighted by atomic mass is 10.1. The Labute approximate surface area is 128 Å². The Morgan fingerprint density at radius 1 is 1.32 bits per heavy atom. The summed E-state index contributed by atoms with van der Waals surface area (Å²) in [5.41, 5.74) is 5.40. The van der Waals surface area contributed by atoms with E-state index in [0.29, 0.717) is 17.9 Å². The maximum absolute atomic E-state index is 11.1. The highest BCUT2D eigenvalue weighted by Gasteiger charge is 2.05. The van der Waals surface area contributed by atoms with Gasteiger partial charge in [0, 0.05) is 6.54 Å². The van der Waals surface area contributed by atoms with Gasteiger partial charge in [-0.1, -0.05) is 12.1 Å². The van der Waals surface area contributed by atoms with Crippen molar-refractivity contribution in [3.63, 3.8) is 0 Å². The first-order valence-corrected chi connectivity index (χ1v) is 6.46. The molecule has 0 atom stereocenters. The Morgan fingerprint density at radius 3 is 2.45 bits per heavy atom. The predicted octanol–water partition coefficient (Wildman–Crippen LogP) is 0.540. The van der Waals surface area contributed by atoms with Gasteiger partial charge in [-0.25, -0.2) is 4.79 Å². The summed E-state index contributed by atoms with van der Waals surface area (Å²) >= 11 is 0. The van der Waals surface area contributed by atoms with E-state index in [1.165, 1.54) is 13.2 Å². The summed E-state index contributed by atoms with van der Waals surface area (Å²) in [6, 6.07) is 6.44. The fraction of sp³-hybridized carbons (Fsp3) is 0.357. The fourth-order valence-corrected chi connectivity index (χ4v) is 1.26. The SMILES string of the molecule is CCNC(=O)Oc1cccc(CC(=O)O)c1.COC(=O)CN. The van der Waals surface area contributed by atoms with Crippen LogP contribution in [0.4, 0.5) is 4.79 Å². The van der Waals surface area contributed by atoms with Gasteiger partial charge >= 0.3 is 18.0 Å². The van der Waals surface area contributed by atoms with Crippen molar-refractivity contribution in [2.24, 2.45) is 5.73 Å². The smallest absolute Gasteiger partial charge is 0.412 e. The fourth-order valence-electron chi connectivity index (χ4n) is 1.26. The molecule has 0 spiro atoms. The zero-order chi connectivity index (χ0) is 17.0. The second kappa shape index (κ2) is 11.1. The van der Waals surface area contributed by atoms with Crippen molar-refractivity contribution in [2.45, 2.75) is 13.3 Å². The highest BCUT2D eigenvalue weighted by Crippen LogP contribution is 2.13. The number of ether oxygens (including phenoxy) is 2. The molecule has 0 saturated carbocycles. The standard InChI is InChI=1S/C11H13NO4.C3H7NO2/c1-2-12-11(15)16-9-5-3-4-8(6-9)7-10(13)14;1-6-3(5)2-4/h3-6H,2,7H2,1H3,(H,12,15)(H,13,14);2,4H2,1H3. The summed E-state index contributed by atoms with van der Waals surface area (Å²) in [7, 11) is 1.30. The first-order valence-electron chi connectivity index (χ1n) is 6.46. The number of aliphatic carboxylic acids is 1. The van der Waals surface area contributed by atoms with Gasteiger partial charge in [-0.15, -0.1) is 0 Å². The molecule has 22 heavy (non-hydrogen) atoms. The minimum absolute atomic E-state index is 0.0312. The van der Waals surface area contributed by atoms with Crippen molar-refractivity contribution in [2.75, 3.05) is 20.2 Å². The number of nitrogens with two attached hydrogens (primary N) is 1. The van der Waals surface area contributed by atoms with Crippen molar-refractivity contribution in [3.05, 3.63) is 29.8 Å². The van der Waals surface area contributed by atoms with Gasteiger partial charge in [0.05, 0.1) is 20.1 Å². The van der Waals surface area contributed by atoms with Gasteiger partial charge in [0.15, 0.2) is 0 Å². The van der Waals surface area contributed by atoms with Crippen LogP contribution in [0.2, 0.25) is 0 Å². The molecule has 1 aromatic carbocycles. The number of methoxy groups -OCH3 is 1. The van der Waals surface area contributed by atoms with Crippen LogP contribution in [0.15, 0.2) is 24.3 Å². The van der Waals surface area contributed by atoms with E-state index in [9.17, 15) is 14.4 Å². The average Bonchev–Trinajstić information content (AvgIpc) is 2.47. The lowest BCUT2D eigenvalue weighted by molar-refractivity contribution is -0.139. The molecule has 1 rings (SSSR count). The monoisotopic (exact) mass is 312 g/mol. The van der Waals surface area contributed by atoms with Crippen LogP contribution in [0.25, 0.3) is 0 Å². The van der Waals surface area contributed by atoms with E-state index in [4.69, 9.17) is 15.6 Å². The normalized spacial score (nSPS) is 9.05. The summed E-state index contributed by atoms with van der Waals surface area (Å²) in [6.45, 7) is 2.23. The number of carboxylic acid groups (broad SMARTS) is 1. The maximum Gasteiger partial charge on any atom is 0.412 e. The third kappa shape index (κ3) is 9.32. The van der Waals surface area contributed by atoms with E-state index in [0.717, 1.165) is 0 Å². The van der Waals surface area contributed by atoms with Gasteiger partial charge in [0.25, 0.3) is 0 Å². The van der Waals surface area contributed by atoms with Crippen LogP contribution < -0.4 is 15.8 Å². The highest BCUT2D eigenvalue weighted by molar-refractivity contribution is 5.72. The zero-order valence-corrected chi connectivity index (χ0v) is 12.5. The van der Waals surface area contributed by atoms with Gasteiger partial charge in [-0.2, -0.15) is 0 Å². The van der Waals surface area contributed by atoms with Gasteiger partial charge in [-0.05, 0) is 24.6 Å². The number of carbonyl (C=O) groups is 3. The molecule has 1 aromatic rings. The number of rotatable bonds is 5. The Bertz CT molecular complexity index is 498. The highest BCUT2D eigenvalue weighted by atomic mass is 16.6. The number of carbonyl (C=O) groups excluding carboxylic acids is 2. The van der Waals surface area contributed by atoms with Gasteiger partial charge in [-0.3, -0.25) is 9.59 Å².